The summed E-state index contributed by atoms with van der Waals surface area (Å²) in [6.45, 7) is 0.792. The van der Waals surface area contributed by atoms with Gasteiger partial charge in [0.2, 0.25) is 11.7 Å². The Kier molecular flexibility index (Phi) is 5.74. The number of aromatic nitrogens is 3. The number of nitrogens with one attached hydrogen (secondary N) is 2. The Hall–Kier alpha value is -3.79. The maximum atomic E-state index is 13.1. The third-order valence-corrected chi connectivity index (χ3v) is 6.36. The molecule has 8 nitrogen and oxygen atoms in total. The van der Waals surface area contributed by atoms with Crippen molar-refractivity contribution in [2.24, 2.45) is 5.73 Å². The van der Waals surface area contributed by atoms with Crippen molar-refractivity contribution in [1.82, 2.24) is 20.0 Å². The fourth-order valence-corrected chi connectivity index (χ4v) is 4.67. The third-order valence-electron chi connectivity index (χ3n) is 5.60. The number of halogens is 1. The maximum absolute atomic E-state index is 13.1. The Morgan fingerprint density at radius 1 is 1.15 bits per heavy atom. The van der Waals surface area contributed by atoms with Crippen LogP contribution in [0.25, 0.3) is 22.6 Å². The van der Waals surface area contributed by atoms with Gasteiger partial charge in [0.1, 0.15) is 5.82 Å². The highest BCUT2D eigenvalue weighted by molar-refractivity contribution is 7.14. The summed E-state index contributed by atoms with van der Waals surface area (Å²) >= 11 is 1.48. The number of rotatable bonds is 6. The maximum Gasteiger partial charge on any atom is 0.229 e. The average molecular weight is 464 g/mol. The van der Waals surface area contributed by atoms with Crippen molar-refractivity contribution < 1.29 is 8.91 Å². The number of hydrogen-bond donors (Lipinski definition) is 3. The van der Waals surface area contributed by atoms with Crippen LogP contribution in [0.15, 0.2) is 58.4 Å². The van der Waals surface area contributed by atoms with Gasteiger partial charge in [0.05, 0.1) is 5.69 Å². The normalized spacial score (nSPS) is 15.7. The minimum absolute atomic E-state index is 0.0883. The summed E-state index contributed by atoms with van der Waals surface area (Å²) in [7, 11) is 0. The molecule has 1 atom stereocenters. The average Bonchev–Trinajstić information content (AvgIpc) is 3.57. The molecular weight excluding hydrogens is 441 g/mol. The van der Waals surface area contributed by atoms with Crippen LogP contribution in [0.1, 0.15) is 18.7 Å². The molecule has 10 heteroatoms. The second-order valence-corrected chi connectivity index (χ2v) is 8.70. The van der Waals surface area contributed by atoms with E-state index < -0.39 is 0 Å². The lowest BCUT2D eigenvalue weighted by Gasteiger charge is -2.23. The molecule has 4 N–H and O–H groups in total. The van der Waals surface area contributed by atoms with Crippen molar-refractivity contribution in [2.75, 3.05) is 11.9 Å². The van der Waals surface area contributed by atoms with Crippen LogP contribution in [-0.2, 0) is 6.42 Å². The summed E-state index contributed by atoms with van der Waals surface area (Å²) in [6.07, 6.45) is 2.54. The molecule has 1 aliphatic heterocycles. The quantitative estimate of drug-likeness (QED) is 0.282. The molecule has 33 heavy (non-hydrogen) atoms. The molecule has 0 radical (unpaired) electrons. The van der Waals surface area contributed by atoms with Gasteiger partial charge in [-0.05, 0) is 61.4 Å². The first-order chi connectivity index (χ1) is 16.0. The highest BCUT2D eigenvalue weighted by Gasteiger charge is 2.27. The second kappa shape index (κ2) is 8.99. The van der Waals surface area contributed by atoms with Gasteiger partial charge in [0.25, 0.3) is 0 Å². The highest BCUT2D eigenvalue weighted by Crippen LogP contribution is 2.28. The number of anilines is 2. The number of benzene rings is 2. The van der Waals surface area contributed by atoms with Crippen LogP contribution in [0.3, 0.4) is 0 Å². The molecule has 4 aromatic rings. The summed E-state index contributed by atoms with van der Waals surface area (Å²) in [5.74, 6) is 0.890. The Morgan fingerprint density at radius 3 is 2.67 bits per heavy atom. The van der Waals surface area contributed by atoms with Gasteiger partial charge >= 0.3 is 0 Å². The summed E-state index contributed by atoms with van der Waals surface area (Å²) in [6, 6.07) is 14.1. The molecule has 0 aliphatic carbocycles. The lowest BCUT2D eigenvalue weighted by molar-refractivity contribution is 0.320. The Balaban J connectivity index is 1.23. The van der Waals surface area contributed by atoms with E-state index in [9.17, 15) is 4.39 Å². The van der Waals surface area contributed by atoms with E-state index in [1.807, 2.05) is 34.5 Å². The zero-order chi connectivity index (χ0) is 22.8. The largest absolute Gasteiger partial charge is 0.370 e. The molecule has 1 fully saturated rings. The van der Waals surface area contributed by atoms with Crippen LogP contribution in [0, 0.1) is 11.2 Å². The van der Waals surface area contributed by atoms with Gasteiger partial charge < -0.3 is 20.5 Å². The molecule has 0 saturated carbocycles. The second-order valence-electron chi connectivity index (χ2n) is 7.84. The number of likely N-dealkylation sites (tertiary alicyclic amines) is 1. The smallest absolute Gasteiger partial charge is 0.229 e. The Morgan fingerprint density at radius 2 is 1.91 bits per heavy atom. The molecule has 1 saturated heterocycles. The van der Waals surface area contributed by atoms with Gasteiger partial charge in [-0.2, -0.15) is 4.98 Å². The standard InChI is InChI=1S/C23H22FN7OS/c24-16-7-3-14(4-8-16)19-13-33-23(28-19)27-17-9-5-15(6-10-17)21-29-20(32-30-21)12-18-2-1-11-31(18)22(25)26/h3-10,13,18H,1-2,11-12H2,(H3,25,26)(H,27,28)/t18-/m0/s1. The van der Waals surface area contributed by atoms with Crippen LogP contribution < -0.4 is 11.1 Å². The summed E-state index contributed by atoms with van der Waals surface area (Å²) < 4.78 is 18.6. The first-order valence-corrected chi connectivity index (χ1v) is 11.5. The molecule has 168 valence electrons. The van der Waals surface area contributed by atoms with Gasteiger partial charge in [-0.15, -0.1) is 11.3 Å². The van der Waals surface area contributed by atoms with E-state index in [4.69, 9.17) is 15.7 Å². The van der Waals surface area contributed by atoms with Crippen molar-refractivity contribution >= 4 is 28.1 Å². The predicted molar refractivity (Wildman–Crippen MR) is 126 cm³/mol. The fourth-order valence-electron chi connectivity index (χ4n) is 3.93. The minimum Gasteiger partial charge on any atom is -0.370 e. The number of thiazole rings is 1. The Labute approximate surface area is 193 Å². The van der Waals surface area contributed by atoms with Crippen LogP contribution in [-0.4, -0.2) is 38.6 Å². The van der Waals surface area contributed by atoms with E-state index in [0.717, 1.165) is 47.0 Å². The Bertz CT molecular complexity index is 1250. The van der Waals surface area contributed by atoms with E-state index in [1.165, 1.54) is 23.5 Å². The summed E-state index contributed by atoms with van der Waals surface area (Å²) in [4.78, 5) is 11.0. The predicted octanol–water partition coefficient (Wildman–Crippen LogP) is 4.64. The zero-order valence-electron chi connectivity index (χ0n) is 17.7. The highest BCUT2D eigenvalue weighted by atomic mass is 32.1. The lowest BCUT2D eigenvalue weighted by atomic mass is 10.1. The van der Waals surface area contributed by atoms with Crippen molar-refractivity contribution in [3.05, 3.63) is 65.6 Å². The van der Waals surface area contributed by atoms with Crippen molar-refractivity contribution in [3.63, 3.8) is 0 Å². The molecule has 0 spiro atoms. The number of hydrogen-bond acceptors (Lipinski definition) is 7. The fraction of sp³-hybridized carbons (Fsp3) is 0.217. The van der Waals surface area contributed by atoms with E-state index in [0.29, 0.717) is 18.1 Å². The summed E-state index contributed by atoms with van der Waals surface area (Å²) in [5, 5.41) is 17.8. The number of guanidine groups is 1. The van der Waals surface area contributed by atoms with Gasteiger partial charge in [-0.3, -0.25) is 5.41 Å². The molecule has 0 unspecified atom stereocenters. The first-order valence-electron chi connectivity index (χ1n) is 10.6. The molecular formula is C23H22FN7OS. The van der Waals surface area contributed by atoms with Crippen molar-refractivity contribution in [1.29, 1.82) is 5.41 Å². The van der Waals surface area contributed by atoms with Crippen molar-refractivity contribution in [3.8, 4) is 22.6 Å². The van der Waals surface area contributed by atoms with Gasteiger partial charge in [0.15, 0.2) is 11.1 Å². The SMILES string of the molecule is N=C(N)N1CCC[C@H]1Cc1nc(-c2ccc(Nc3nc(-c4ccc(F)cc4)cs3)cc2)no1. The third kappa shape index (κ3) is 4.70. The first kappa shape index (κ1) is 21.1. The monoisotopic (exact) mass is 463 g/mol. The van der Waals surface area contributed by atoms with Crippen LogP contribution >= 0.6 is 11.3 Å². The van der Waals surface area contributed by atoms with E-state index >= 15 is 0 Å². The van der Waals surface area contributed by atoms with Crippen LogP contribution in [0.5, 0.6) is 0 Å². The van der Waals surface area contributed by atoms with Gasteiger partial charge in [-0.25, -0.2) is 9.37 Å². The molecule has 2 aromatic carbocycles. The molecule has 0 bridgehead atoms. The van der Waals surface area contributed by atoms with Crippen molar-refractivity contribution in [2.45, 2.75) is 25.3 Å². The van der Waals surface area contributed by atoms with E-state index in [2.05, 4.69) is 20.4 Å². The van der Waals surface area contributed by atoms with E-state index in [-0.39, 0.29) is 17.8 Å². The number of nitrogens with two attached hydrogens (primary N) is 1. The topological polar surface area (TPSA) is 117 Å². The molecule has 1 aliphatic rings. The lowest BCUT2D eigenvalue weighted by Crippen LogP contribution is -2.41. The van der Waals surface area contributed by atoms with Gasteiger partial charge in [0, 0.05) is 41.2 Å². The number of nitrogens with zero attached hydrogens (tertiary/aromatic N) is 4. The molecule has 3 heterocycles. The molecule has 0 amide bonds. The van der Waals surface area contributed by atoms with Crippen LogP contribution in [0.4, 0.5) is 15.2 Å². The molecule has 5 rings (SSSR count). The van der Waals surface area contributed by atoms with Gasteiger partial charge in [-0.1, -0.05) is 5.16 Å². The zero-order valence-corrected chi connectivity index (χ0v) is 18.5. The molecule has 2 aromatic heterocycles. The van der Waals surface area contributed by atoms with Crippen LogP contribution in [0.2, 0.25) is 0 Å². The van der Waals surface area contributed by atoms with E-state index in [1.54, 1.807) is 12.1 Å². The minimum atomic E-state index is -0.266. The summed E-state index contributed by atoms with van der Waals surface area (Å²) in [5.41, 5.74) is 9.05.